The Morgan fingerprint density at radius 1 is 1.13 bits per heavy atom. The number of hydrogen-bond acceptors (Lipinski definition) is 4. The number of para-hydroxylation sites is 2. The van der Waals surface area contributed by atoms with E-state index in [2.05, 4.69) is 40.8 Å². The van der Waals surface area contributed by atoms with Gasteiger partial charge in [0.15, 0.2) is 11.0 Å². The molecule has 31 heavy (non-hydrogen) atoms. The molecule has 162 valence electrons. The van der Waals surface area contributed by atoms with E-state index in [9.17, 15) is 4.79 Å². The van der Waals surface area contributed by atoms with Crippen LogP contribution < -0.4 is 10.6 Å². The molecule has 1 unspecified atom stereocenters. The number of aryl methyl sites for hydroxylation is 1. The smallest absolute Gasteiger partial charge is 0.326 e. The normalized spacial score (nSPS) is 12.7. The van der Waals surface area contributed by atoms with E-state index in [4.69, 9.17) is 11.6 Å². The Morgan fingerprint density at radius 3 is 2.61 bits per heavy atom. The molecule has 4 rings (SSSR count). The number of quaternary nitrogens is 1. The lowest BCUT2D eigenvalue weighted by atomic mass is 10.2. The van der Waals surface area contributed by atoms with Crippen molar-refractivity contribution in [2.75, 3.05) is 19.8 Å². The Morgan fingerprint density at radius 2 is 1.87 bits per heavy atom. The minimum absolute atomic E-state index is 0.0689. The van der Waals surface area contributed by atoms with Crippen molar-refractivity contribution in [2.45, 2.75) is 31.1 Å². The Hall–Kier alpha value is -2.55. The van der Waals surface area contributed by atoms with Crippen molar-refractivity contribution in [1.29, 1.82) is 0 Å². The van der Waals surface area contributed by atoms with E-state index in [1.165, 1.54) is 4.90 Å². The minimum atomic E-state index is -0.0689. The van der Waals surface area contributed by atoms with Crippen LogP contribution in [-0.4, -0.2) is 44.2 Å². The quantitative estimate of drug-likeness (QED) is 0.315. The highest BCUT2D eigenvalue weighted by molar-refractivity contribution is 7.99. The Kier molecular flexibility index (Phi) is 6.50. The summed E-state index contributed by atoms with van der Waals surface area (Å²) in [6, 6.07) is 15.7. The van der Waals surface area contributed by atoms with Crippen LogP contribution in [0.3, 0.4) is 0 Å². The molecule has 0 amide bonds. The van der Waals surface area contributed by atoms with Crippen LogP contribution in [-0.2, 0) is 6.54 Å². The molecule has 0 spiro atoms. The average Bonchev–Trinajstić information content (AvgIpc) is 3.31. The second-order valence-corrected chi connectivity index (χ2v) is 9.25. The maximum absolute atomic E-state index is 12.3. The number of nitrogens with zero attached hydrogens (tertiary/aromatic N) is 4. The molecule has 0 fully saturated rings. The number of rotatable bonds is 8. The molecule has 4 aromatic rings. The van der Waals surface area contributed by atoms with E-state index in [0.29, 0.717) is 11.6 Å². The fourth-order valence-electron chi connectivity index (χ4n) is 3.46. The number of thioether (sulfide) groups is 1. The molecule has 0 bridgehead atoms. The van der Waals surface area contributed by atoms with E-state index in [1.54, 1.807) is 16.3 Å². The number of nitrogens with one attached hydrogen (secondary N) is 2. The zero-order chi connectivity index (χ0) is 22.0. The number of aromatic amines is 1. The van der Waals surface area contributed by atoms with Crippen molar-refractivity contribution in [3.8, 4) is 5.69 Å². The van der Waals surface area contributed by atoms with E-state index >= 15 is 0 Å². The maximum Gasteiger partial charge on any atom is 0.326 e. The van der Waals surface area contributed by atoms with Gasteiger partial charge in [-0.3, -0.25) is 9.13 Å². The van der Waals surface area contributed by atoms with Gasteiger partial charge in [0, 0.05) is 23.0 Å². The first-order valence-electron chi connectivity index (χ1n) is 10.3. The molecular weight excluding hydrogens is 432 g/mol. The van der Waals surface area contributed by atoms with Gasteiger partial charge in [0.1, 0.15) is 6.04 Å². The highest BCUT2D eigenvalue weighted by Crippen LogP contribution is 2.26. The highest BCUT2D eigenvalue weighted by Gasteiger charge is 2.23. The molecule has 1 atom stereocenters. The van der Waals surface area contributed by atoms with Gasteiger partial charge in [-0.1, -0.05) is 35.5 Å². The average molecular weight is 458 g/mol. The van der Waals surface area contributed by atoms with Crippen molar-refractivity contribution in [2.24, 2.45) is 0 Å². The van der Waals surface area contributed by atoms with Gasteiger partial charge in [-0.05, 0) is 49.7 Å². The van der Waals surface area contributed by atoms with Crippen LogP contribution in [0.5, 0.6) is 0 Å². The number of H-pyrrole nitrogens is 1. The van der Waals surface area contributed by atoms with E-state index in [0.717, 1.165) is 39.9 Å². The van der Waals surface area contributed by atoms with Crippen molar-refractivity contribution in [3.05, 3.63) is 69.9 Å². The van der Waals surface area contributed by atoms with Crippen LogP contribution in [0.2, 0.25) is 5.02 Å². The lowest BCUT2D eigenvalue weighted by Gasteiger charge is -2.18. The molecule has 2 N–H and O–H groups in total. The molecular formula is C22H26ClN6OS+. The number of halogens is 1. The molecule has 2 aromatic carbocycles. The molecule has 0 saturated carbocycles. The van der Waals surface area contributed by atoms with Gasteiger partial charge in [-0.25, -0.2) is 4.79 Å². The lowest BCUT2D eigenvalue weighted by Crippen LogP contribution is -3.05. The SMILES string of the molecule is CC(c1nnc(SCCCn2c(=O)[nH]c3ccccc32)n1-c1ccc(Cl)cc1)[NH+](C)C. The van der Waals surface area contributed by atoms with Crippen molar-refractivity contribution in [3.63, 3.8) is 0 Å². The van der Waals surface area contributed by atoms with Crippen LogP contribution in [0.15, 0.2) is 58.5 Å². The Labute approximate surface area is 190 Å². The van der Waals surface area contributed by atoms with Crippen LogP contribution in [0.4, 0.5) is 0 Å². The summed E-state index contributed by atoms with van der Waals surface area (Å²) in [5.74, 6) is 1.73. The monoisotopic (exact) mass is 457 g/mol. The Balaban J connectivity index is 1.52. The summed E-state index contributed by atoms with van der Waals surface area (Å²) in [7, 11) is 4.22. The number of fused-ring (bicyclic) bond motifs is 1. The topological polar surface area (TPSA) is 72.9 Å². The third kappa shape index (κ3) is 4.56. The molecule has 0 aliphatic rings. The molecule has 9 heteroatoms. The fourth-order valence-corrected chi connectivity index (χ4v) is 4.47. The summed E-state index contributed by atoms with van der Waals surface area (Å²) < 4.78 is 3.90. The largest absolute Gasteiger partial charge is 0.331 e. The predicted molar refractivity (Wildman–Crippen MR) is 125 cm³/mol. The van der Waals surface area contributed by atoms with Crippen molar-refractivity contribution >= 4 is 34.4 Å². The lowest BCUT2D eigenvalue weighted by molar-refractivity contribution is -0.890. The predicted octanol–water partition coefficient (Wildman–Crippen LogP) is 2.95. The van der Waals surface area contributed by atoms with Gasteiger partial charge >= 0.3 is 5.69 Å². The summed E-state index contributed by atoms with van der Waals surface area (Å²) in [6.45, 7) is 2.79. The fraction of sp³-hybridized carbons (Fsp3) is 0.318. The second kappa shape index (κ2) is 9.30. The number of benzene rings is 2. The molecule has 2 heterocycles. The summed E-state index contributed by atoms with van der Waals surface area (Å²) in [5, 5.41) is 10.5. The second-order valence-electron chi connectivity index (χ2n) is 7.75. The van der Waals surface area contributed by atoms with Gasteiger partial charge in [0.05, 0.1) is 25.1 Å². The maximum atomic E-state index is 12.3. The van der Waals surface area contributed by atoms with Gasteiger partial charge < -0.3 is 9.88 Å². The summed E-state index contributed by atoms with van der Waals surface area (Å²) >= 11 is 7.74. The third-order valence-corrected chi connectivity index (χ3v) is 6.70. The van der Waals surface area contributed by atoms with Gasteiger partial charge in [-0.2, -0.15) is 0 Å². The van der Waals surface area contributed by atoms with Crippen LogP contribution in [0.25, 0.3) is 16.7 Å². The molecule has 7 nitrogen and oxygen atoms in total. The van der Waals surface area contributed by atoms with E-state index in [-0.39, 0.29) is 11.7 Å². The number of imidazole rings is 1. The van der Waals surface area contributed by atoms with E-state index in [1.807, 2.05) is 48.5 Å². The van der Waals surface area contributed by atoms with Crippen molar-refractivity contribution < 1.29 is 4.90 Å². The first-order valence-corrected chi connectivity index (χ1v) is 11.6. The zero-order valence-electron chi connectivity index (χ0n) is 17.8. The minimum Gasteiger partial charge on any atom is -0.331 e. The number of hydrogen-bond donors (Lipinski definition) is 2. The van der Waals surface area contributed by atoms with Crippen molar-refractivity contribution in [1.82, 2.24) is 24.3 Å². The molecule has 0 saturated heterocycles. The first-order chi connectivity index (χ1) is 15.0. The van der Waals surface area contributed by atoms with E-state index < -0.39 is 0 Å². The van der Waals surface area contributed by atoms with Crippen LogP contribution in [0.1, 0.15) is 25.2 Å². The van der Waals surface area contributed by atoms with Crippen LogP contribution >= 0.6 is 23.4 Å². The summed E-state index contributed by atoms with van der Waals surface area (Å²) in [4.78, 5) is 16.5. The summed E-state index contributed by atoms with van der Waals surface area (Å²) in [6.07, 6.45) is 0.837. The first kappa shape index (κ1) is 21.7. The number of aromatic nitrogens is 5. The van der Waals surface area contributed by atoms with Gasteiger partial charge in [-0.15, -0.1) is 10.2 Å². The third-order valence-electron chi connectivity index (χ3n) is 5.44. The molecule has 0 aliphatic carbocycles. The van der Waals surface area contributed by atoms with Crippen LogP contribution in [0, 0.1) is 0 Å². The molecule has 0 radical (unpaired) electrons. The zero-order valence-corrected chi connectivity index (χ0v) is 19.4. The molecule has 2 aromatic heterocycles. The van der Waals surface area contributed by atoms with Gasteiger partial charge in [0.25, 0.3) is 0 Å². The Bertz CT molecular complexity index is 1230. The standard InChI is InChI=1S/C22H25ClN6OS/c1-15(27(2)3)20-25-26-22(29(20)17-11-9-16(23)10-12-17)31-14-6-13-28-19-8-5-4-7-18(19)24-21(28)30/h4-5,7-12,15H,6,13-14H2,1-3H3,(H,24,30)/p+1. The highest BCUT2D eigenvalue weighted by atomic mass is 35.5. The molecule has 0 aliphatic heterocycles. The van der Waals surface area contributed by atoms with Gasteiger partial charge in [0.2, 0.25) is 0 Å². The summed E-state index contributed by atoms with van der Waals surface area (Å²) in [5.41, 5.74) is 2.73.